The quantitative estimate of drug-likeness (QED) is 0.152. The molecule has 0 saturated heterocycles. The summed E-state index contributed by atoms with van der Waals surface area (Å²) in [6.45, 7) is 4.68. The third-order valence-electron chi connectivity index (χ3n) is 13.4. The largest absolute Gasteiger partial charge is 0.311 e. The molecule has 0 aliphatic heterocycles. The molecule has 1 aliphatic rings. The lowest BCUT2D eigenvalue weighted by atomic mass is 9.82. The van der Waals surface area contributed by atoms with Gasteiger partial charge in [-0.05, 0) is 147 Å². The summed E-state index contributed by atoms with van der Waals surface area (Å²) >= 11 is 0. The van der Waals surface area contributed by atoms with Crippen LogP contribution in [0.1, 0.15) is 25.0 Å². The van der Waals surface area contributed by atoms with Crippen LogP contribution >= 0.6 is 0 Å². The number of benzene rings is 11. The van der Waals surface area contributed by atoms with Gasteiger partial charge in [0, 0.05) is 22.5 Å². The van der Waals surface area contributed by atoms with Crippen molar-refractivity contribution in [2.24, 2.45) is 0 Å². The average molecular weight is 790 g/mol. The summed E-state index contributed by atoms with van der Waals surface area (Å²) in [5.74, 6) is 0. The van der Waals surface area contributed by atoms with Gasteiger partial charge in [0.1, 0.15) is 0 Å². The maximum absolute atomic E-state index is 2.39. The first-order valence-corrected chi connectivity index (χ1v) is 21.7. The second-order valence-corrected chi connectivity index (χ2v) is 17.3. The smallest absolute Gasteiger partial charge is 0.0462 e. The molecular weight excluding hydrogens is 747 g/mol. The number of nitrogens with zero attached hydrogens (tertiary/aromatic N) is 1. The predicted molar refractivity (Wildman–Crippen MR) is 265 cm³/mol. The fourth-order valence-corrected chi connectivity index (χ4v) is 10.3. The van der Waals surface area contributed by atoms with Crippen LogP contribution in [-0.4, -0.2) is 0 Å². The Bertz CT molecular complexity index is 3510. The third-order valence-corrected chi connectivity index (χ3v) is 13.4. The first-order chi connectivity index (χ1) is 30.5. The van der Waals surface area contributed by atoms with E-state index in [1.807, 2.05) is 0 Å². The number of hydrogen-bond donors (Lipinski definition) is 0. The summed E-state index contributed by atoms with van der Waals surface area (Å²) in [6, 6.07) is 82.9. The molecule has 62 heavy (non-hydrogen) atoms. The van der Waals surface area contributed by atoms with Crippen molar-refractivity contribution in [2.75, 3.05) is 4.90 Å². The van der Waals surface area contributed by atoms with E-state index in [0.717, 1.165) is 17.1 Å². The first kappa shape index (κ1) is 36.1. The SMILES string of the molecule is CC1(C)c2ccccc2-c2cc(-c3ccc(N(c4ccc(-c5ccccc5)cc4)c4ccc(-c5cc6ccc7ccc8ccccc8c7c6c6ccccc56)cc4)cc3)ccc21. The maximum atomic E-state index is 2.39. The number of rotatable bonds is 6. The van der Waals surface area contributed by atoms with Crippen LogP contribution in [-0.2, 0) is 5.41 Å². The van der Waals surface area contributed by atoms with Crippen LogP contribution in [0.5, 0.6) is 0 Å². The van der Waals surface area contributed by atoms with Crippen molar-refractivity contribution in [3.8, 4) is 44.5 Å². The highest BCUT2D eigenvalue weighted by Crippen LogP contribution is 2.50. The molecule has 11 aromatic carbocycles. The molecule has 1 aliphatic carbocycles. The van der Waals surface area contributed by atoms with Crippen molar-refractivity contribution >= 4 is 60.2 Å². The highest BCUT2D eigenvalue weighted by atomic mass is 15.1. The summed E-state index contributed by atoms with van der Waals surface area (Å²) in [6.07, 6.45) is 0. The molecule has 0 unspecified atom stereocenters. The van der Waals surface area contributed by atoms with Gasteiger partial charge in [-0.3, -0.25) is 0 Å². The van der Waals surface area contributed by atoms with Crippen molar-refractivity contribution < 1.29 is 0 Å². The summed E-state index contributed by atoms with van der Waals surface area (Å²) in [5.41, 5.74) is 16.1. The Morgan fingerprint density at radius 1 is 0.290 bits per heavy atom. The van der Waals surface area contributed by atoms with E-state index >= 15 is 0 Å². The van der Waals surface area contributed by atoms with E-state index < -0.39 is 0 Å². The molecule has 0 spiro atoms. The summed E-state index contributed by atoms with van der Waals surface area (Å²) < 4.78 is 0. The number of hydrogen-bond acceptors (Lipinski definition) is 1. The van der Waals surface area contributed by atoms with E-state index in [1.54, 1.807) is 0 Å². The van der Waals surface area contributed by atoms with Gasteiger partial charge in [0.25, 0.3) is 0 Å². The first-order valence-electron chi connectivity index (χ1n) is 21.7. The average Bonchev–Trinajstić information content (AvgIpc) is 3.57. The van der Waals surface area contributed by atoms with Crippen LogP contribution in [0.2, 0.25) is 0 Å². The zero-order chi connectivity index (χ0) is 41.4. The summed E-state index contributed by atoms with van der Waals surface area (Å²) in [5, 5.41) is 10.3. The van der Waals surface area contributed by atoms with Crippen LogP contribution in [0.15, 0.2) is 224 Å². The molecule has 0 fully saturated rings. The van der Waals surface area contributed by atoms with E-state index in [0.29, 0.717) is 0 Å². The Morgan fingerprint density at radius 3 is 1.48 bits per heavy atom. The molecule has 0 heterocycles. The minimum atomic E-state index is -0.00789. The molecule has 0 atom stereocenters. The van der Waals surface area contributed by atoms with Crippen LogP contribution < -0.4 is 4.90 Å². The molecule has 1 heteroatoms. The minimum Gasteiger partial charge on any atom is -0.311 e. The third kappa shape index (κ3) is 5.77. The van der Waals surface area contributed by atoms with Gasteiger partial charge in [-0.1, -0.05) is 190 Å². The number of anilines is 3. The zero-order valence-corrected chi connectivity index (χ0v) is 34.8. The fourth-order valence-electron chi connectivity index (χ4n) is 10.3. The van der Waals surface area contributed by atoms with Crippen molar-refractivity contribution in [3.05, 3.63) is 236 Å². The van der Waals surface area contributed by atoms with Gasteiger partial charge < -0.3 is 4.90 Å². The molecule has 0 bridgehead atoms. The normalized spacial score (nSPS) is 12.8. The van der Waals surface area contributed by atoms with Crippen LogP contribution in [0.25, 0.3) is 87.6 Å². The Labute approximate surface area is 362 Å². The summed E-state index contributed by atoms with van der Waals surface area (Å²) in [7, 11) is 0. The Morgan fingerprint density at radius 2 is 0.774 bits per heavy atom. The van der Waals surface area contributed by atoms with Crippen molar-refractivity contribution in [2.45, 2.75) is 19.3 Å². The lowest BCUT2D eigenvalue weighted by Gasteiger charge is -2.26. The lowest BCUT2D eigenvalue weighted by Crippen LogP contribution is -2.14. The zero-order valence-electron chi connectivity index (χ0n) is 34.8. The molecular formula is C61H43N. The molecule has 0 aromatic heterocycles. The molecule has 1 nitrogen and oxygen atoms in total. The summed E-state index contributed by atoms with van der Waals surface area (Å²) in [4.78, 5) is 2.37. The molecule has 0 N–H and O–H groups in total. The molecule has 0 radical (unpaired) electrons. The van der Waals surface area contributed by atoms with Gasteiger partial charge >= 0.3 is 0 Å². The van der Waals surface area contributed by atoms with Gasteiger partial charge in [0.15, 0.2) is 0 Å². The number of fused-ring (bicyclic) bond motifs is 10. The van der Waals surface area contributed by atoms with Gasteiger partial charge in [-0.2, -0.15) is 0 Å². The van der Waals surface area contributed by atoms with Crippen LogP contribution in [0.3, 0.4) is 0 Å². The van der Waals surface area contributed by atoms with Gasteiger partial charge in [-0.15, -0.1) is 0 Å². The van der Waals surface area contributed by atoms with E-state index in [-0.39, 0.29) is 5.41 Å². The molecule has 0 amide bonds. The molecule has 292 valence electrons. The second-order valence-electron chi connectivity index (χ2n) is 17.3. The molecule has 12 rings (SSSR count). The van der Waals surface area contributed by atoms with Gasteiger partial charge in [0.05, 0.1) is 0 Å². The van der Waals surface area contributed by atoms with E-state index in [1.165, 1.54) is 98.7 Å². The second kappa shape index (κ2) is 14.2. The minimum absolute atomic E-state index is 0.00789. The van der Waals surface area contributed by atoms with Crippen molar-refractivity contribution in [3.63, 3.8) is 0 Å². The van der Waals surface area contributed by atoms with Crippen LogP contribution in [0.4, 0.5) is 17.1 Å². The Hall–Kier alpha value is -7.74. The van der Waals surface area contributed by atoms with Crippen LogP contribution in [0, 0.1) is 0 Å². The molecule has 0 saturated carbocycles. The van der Waals surface area contributed by atoms with E-state index in [2.05, 4.69) is 243 Å². The topological polar surface area (TPSA) is 3.24 Å². The maximum Gasteiger partial charge on any atom is 0.0462 e. The predicted octanol–water partition coefficient (Wildman–Crippen LogP) is 17.1. The van der Waals surface area contributed by atoms with Gasteiger partial charge in [-0.25, -0.2) is 0 Å². The van der Waals surface area contributed by atoms with Crippen molar-refractivity contribution in [1.29, 1.82) is 0 Å². The highest BCUT2D eigenvalue weighted by Gasteiger charge is 2.35. The molecule has 11 aromatic rings. The van der Waals surface area contributed by atoms with Gasteiger partial charge in [0.2, 0.25) is 0 Å². The fraction of sp³-hybridized carbons (Fsp3) is 0.0492. The van der Waals surface area contributed by atoms with E-state index in [9.17, 15) is 0 Å². The highest BCUT2D eigenvalue weighted by molar-refractivity contribution is 6.29. The van der Waals surface area contributed by atoms with E-state index in [4.69, 9.17) is 0 Å². The van der Waals surface area contributed by atoms with Crippen molar-refractivity contribution in [1.82, 2.24) is 0 Å². The lowest BCUT2D eigenvalue weighted by molar-refractivity contribution is 0.660. The standard InChI is InChI=1S/C61H43N/c1-61(2)57-19-11-10-17-53(57)56-38-46(30-37-58(56)61)42-26-33-49(34-27-42)62(48-31-24-41(25-32-48)40-12-4-3-5-13-40)50-35-28-44(29-36-50)55-39-47-23-22-45-21-20-43-14-6-7-15-51(43)59(45)60(47)54-18-9-8-16-52(54)55/h3-39H,1-2H3. The monoisotopic (exact) mass is 789 g/mol. The Balaban J connectivity index is 0.951. The Kier molecular flexibility index (Phi) is 8.27.